The molecule has 154 valence electrons. The summed E-state index contributed by atoms with van der Waals surface area (Å²) in [6.07, 6.45) is 2.53. The van der Waals surface area contributed by atoms with E-state index in [-0.39, 0.29) is 12.5 Å². The maximum Gasteiger partial charge on any atom is 0.412 e. The van der Waals surface area contributed by atoms with Crippen LogP contribution >= 0.6 is 0 Å². The number of rotatable bonds is 4. The van der Waals surface area contributed by atoms with Gasteiger partial charge in [-0.15, -0.1) is 0 Å². The van der Waals surface area contributed by atoms with E-state index in [2.05, 4.69) is 20.7 Å². The van der Waals surface area contributed by atoms with Gasteiger partial charge in [-0.3, -0.25) is 10.1 Å². The number of anilines is 2. The lowest BCUT2D eigenvalue weighted by Crippen LogP contribution is -2.16. The van der Waals surface area contributed by atoms with Crippen LogP contribution in [0.5, 0.6) is 0 Å². The molecule has 0 spiro atoms. The first-order valence-corrected chi connectivity index (χ1v) is 9.82. The van der Waals surface area contributed by atoms with Crippen LogP contribution in [-0.4, -0.2) is 26.6 Å². The molecule has 31 heavy (non-hydrogen) atoms. The first-order chi connectivity index (χ1) is 15.1. The van der Waals surface area contributed by atoms with Gasteiger partial charge in [0, 0.05) is 11.3 Å². The third-order valence-corrected chi connectivity index (χ3v) is 5.37. The average Bonchev–Trinajstić information content (AvgIpc) is 3.29. The molecule has 5 rings (SSSR count). The molecule has 2 aromatic carbocycles. The highest BCUT2D eigenvalue weighted by molar-refractivity contribution is 6.06. The molecule has 8 heteroatoms. The number of fused-ring (bicyclic) bond motifs is 2. The third kappa shape index (κ3) is 3.38. The lowest BCUT2D eigenvalue weighted by molar-refractivity contribution is -0.116. The molecule has 0 bridgehead atoms. The molecule has 1 atom stereocenters. The van der Waals surface area contributed by atoms with Gasteiger partial charge >= 0.3 is 6.09 Å². The van der Waals surface area contributed by atoms with E-state index >= 15 is 0 Å². The standard InChI is InChI=1S/C23H19N5O3/c1-14-18(27-23(30)31-12-15-7-3-2-4-8-15)11-28-21(14)20(24-13-25-28)19-16-9-5-6-10-17(16)26-22(19)29/h2-11,13,19H,12H2,1H3,(H,26,29)(H,27,30). The maximum absolute atomic E-state index is 12.7. The van der Waals surface area contributed by atoms with E-state index in [1.807, 2.05) is 61.5 Å². The van der Waals surface area contributed by atoms with Crippen molar-refractivity contribution in [3.63, 3.8) is 0 Å². The summed E-state index contributed by atoms with van der Waals surface area (Å²) in [5.74, 6) is -0.688. The lowest BCUT2D eigenvalue weighted by atomic mass is 9.95. The number of hydrogen-bond acceptors (Lipinski definition) is 5. The Kier molecular flexibility index (Phi) is 4.59. The number of ether oxygens (including phenoxy) is 1. The number of carbonyl (C=O) groups is 2. The van der Waals surface area contributed by atoms with Gasteiger partial charge in [0.15, 0.2) is 0 Å². The molecule has 4 aromatic rings. The fraction of sp³-hybridized carbons (Fsp3) is 0.130. The van der Waals surface area contributed by atoms with Crippen LogP contribution in [0.15, 0.2) is 67.1 Å². The summed E-state index contributed by atoms with van der Waals surface area (Å²) in [5, 5.41) is 9.93. The third-order valence-electron chi connectivity index (χ3n) is 5.37. The second-order valence-electron chi connectivity index (χ2n) is 7.30. The van der Waals surface area contributed by atoms with Gasteiger partial charge in [0.1, 0.15) is 18.9 Å². The Morgan fingerprint density at radius 1 is 1.16 bits per heavy atom. The number of benzene rings is 2. The number of aryl methyl sites for hydroxylation is 1. The number of nitrogens with one attached hydrogen (secondary N) is 2. The minimum atomic E-state index is -0.568. The molecule has 8 nitrogen and oxygen atoms in total. The molecule has 0 saturated heterocycles. The van der Waals surface area contributed by atoms with E-state index in [1.165, 1.54) is 6.33 Å². The van der Waals surface area contributed by atoms with Gasteiger partial charge in [0.25, 0.3) is 0 Å². The molecule has 1 aliphatic heterocycles. The minimum Gasteiger partial charge on any atom is -0.444 e. The van der Waals surface area contributed by atoms with E-state index in [9.17, 15) is 9.59 Å². The van der Waals surface area contributed by atoms with Gasteiger partial charge < -0.3 is 10.1 Å². The average molecular weight is 413 g/mol. The van der Waals surface area contributed by atoms with Crippen LogP contribution < -0.4 is 10.6 Å². The highest BCUT2D eigenvalue weighted by Crippen LogP contribution is 2.39. The van der Waals surface area contributed by atoms with Crippen molar-refractivity contribution in [1.29, 1.82) is 0 Å². The monoisotopic (exact) mass is 413 g/mol. The van der Waals surface area contributed by atoms with Crippen molar-refractivity contribution in [2.45, 2.75) is 19.4 Å². The normalized spacial score (nSPS) is 14.9. The predicted molar refractivity (Wildman–Crippen MR) is 115 cm³/mol. The van der Waals surface area contributed by atoms with E-state index in [0.29, 0.717) is 16.9 Å². The molecule has 0 saturated carbocycles. The van der Waals surface area contributed by atoms with Crippen molar-refractivity contribution in [1.82, 2.24) is 14.6 Å². The highest BCUT2D eigenvalue weighted by Gasteiger charge is 2.35. The zero-order chi connectivity index (χ0) is 21.4. The van der Waals surface area contributed by atoms with Crippen LogP contribution in [0.4, 0.5) is 16.2 Å². The molecule has 2 aromatic heterocycles. The zero-order valence-electron chi connectivity index (χ0n) is 16.7. The summed E-state index contributed by atoms with van der Waals surface area (Å²) in [4.78, 5) is 29.5. The van der Waals surface area contributed by atoms with Crippen molar-refractivity contribution >= 4 is 28.9 Å². The van der Waals surface area contributed by atoms with Gasteiger partial charge in [0.05, 0.1) is 23.1 Å². The number of aromatic nitrogens is 3. The van der Waals surface area contributed by atoms with Crippen LogP contribution in [0.2, 0.25) is 0 Å². The molecule has 2 amide bonds. The Morgan fingerprint density at radius 2 is 1.94 bits per heavy atom. The Labute approximate surface area is 177 Å². The Hall–Kier alpha value is -4.20. The van der Waals surface area contributed by atoms with Gasteiger partial charge in [-0.1, -0.05) is 48.5 Å². The van der Waals surface area contributed by atoms with Gasteiger partial charge in [-0.2, -0.15) is 5.10 Å². The quantitative estimate of drug-likeness (QED) is 0.529. The van der Waals surface area contributed by atoms with Crippen LogP contribution in [0, 0.1) is 6.92 Å². The molecule has 0 radical (unpaired) electrons. The van der Waals surface area contributed by atoms with Crippen LogP contribution in [0.25, 0.3) is 5.52 Å². The summed E-state index contributed by atoms with van der Waals surface area (Å²) >= 11 is 0. The Balaban J connectivity index is 1.44. The van der Waals surface area contributed by atoms with E-state index < -0.39 is 12.0 Å². The second-order valence-corrected chi connectivity index (χ2v) is 7.30. The molecule has 1 aliphatic rings. The van der Waals surface area contributed by atoms with Crippen LogP contribution in [0.1, 0.15) is 28.3 Å². The number of para-hydroxylation sites is 1. The largest absolute Gasteiger partial charge is 0.444 e. The predicted octanol–water partition coefficient (Wildman–Crippen LogP) is 3.87. The summed E-state index contributed by atoms with van der Waals surface area (Å²) in [7, 11) is 0. The first kappa shape index (κ1) is 18.8. The summed E-state index contributed by atoms with van der Waals surface area (Å²) in [6, 6.07) is 17.0. The first-order valence-electron chi connectivity index (χ1n) is 9.82. The van der Waals surface area contributed by atoms with E-state index in [0.717, 1.165) is 22.4 Å². The second kappa shape index (κ2) is 7.56. The molecule has 1 unspecified atom stereocenters. The molecule has 0 aliphatic carbocycles. The van der Waals surface area contributed by atoms with Gasteiger partial charge in [0.2, 0.25) is 5.91 Å². The van der Waals surface area contributed by atoms with Gasteiger partial charge in [-0.25, -0.2) is 14.3 Å². The number of nitrogens with zero attached hydrogens (tertiary/aromatic N) is 3. The maximum atomic E-state index is 12.7. The van der Waals surface area contributed by atoms with Crippen molar-refractivity contribution in [3.8, 4) is 0 Å². The molecular weight excluding hydrogens is 394 g/mol. The van der Waals surface area contributed by atoms with Crippen LogP contribution in [0.3, 0.4) is 0 Å². The number of hydrogen-bond donors (Lipinski definition) is 2. The molecule has 2 N–H and O–H groups in total. The number of amides is 2. The van der Waals surface area contributed by atoms with Crippen molar-refractivity contribution < 1.29 is 14.3 Å². The molecule has 3 heterocycles. The van der Waals surface area contributed by atoms with E-state index in [4.69, 9.17) is 4.74 Å². The fourth-order valence-corrected chi connectivity index (χ4v) is 3.87. The smallest absolute Gasteiger partial charge is 0.412 e. The molecule has 0 fully saturated rings. The SMILES string of the molecule is Cc1c(NC(=O)OCc2ccccc2)cn2ncnc(C3C(=O)Nc4ccccc43)c12. The minimum absolute atomic E-state index is 0.140. The number of carbonyl (C=O) groups excluding carboxylic acids is 2. The van der Waals surface area contributed by atoms with Crippen molar-refractivity contribution in [2.24, 2.45) is 0 Å². The molecular formula is C23H19N5O3. The topological polar surface area (TPSA) is 97.6 Å². The summed E-state index contributed by atoms with van der Waals surface area (Å²) in [6.45, 7) is 2.02. The van der Waals surface area contributed by atoms with E-state index in [1.54, 1.807) is 10.7 Å². The van der Waals surface area contributed by atoms with Crippen molar-refractivity contribution in [2.75, 3.05) is 10.6 Å². The van der Waals surface area contributed by atoms with Crippen LogP contribution in [-0.2, 0) is 16.1 Å². The Bertz CT molecular complexity index is 1300. The highest BCUT2D eigenvalue weighted by atomic mass is 16.5. The van der Waals surface area contributed by atoms with Gasteiger partial charge in [-0.05, 0) is 24.1 Å². The summed E-state index contributed by atoms with van der Waals surface area (Å²) < 4.78 is 6.94. The van der Waals surface area contributed by atoms with Crippen molar-refractivity contribution in [3.05, 3.63) is 89.5 Å². The lowest BCUT2D eigenvalue weighted by Gasteiger charge is -2.10. The summed E-state index contributed by atoms with van der Waals surface area (Å²) in [5.41, 5.74) is 5.11. The fourth-order valence-electron chi connectivity index (χ4n) is 3.87. The zero-order valence-corrected chi connectivity index (χ0v) is 16.7. The Morgan fingerprint density at radius 3 is 2.77 bits per heavy atom.